The Kier molecular flexibility index (Phi) is 4.33. The van der Waals surface area contributed by atoms with Crippen LogP contribution in [-0.4, -0.2) is 32.6 Å². The highest BCUT2D eigenvalue weighted by molar-refractivity contribution is 9.10. The molecule has 7 nitrogen and oxygen atoms in total. The second-order valence-corrected chi connectivity index (χ2v) is 4.68. The minimum atomic E-state index is -0.281. The van der Waals surface area contributed by atoms with E-state index >= 15 is 0 Å². The molecule has 0 unspecified atom stereocenters. The van der Waals surface area contributed by atoms with Crippen molar-refractivity contribution in [1.29, 1.82) is 0 Å². The Bertz CT molecular complexity index is 577. The van der Waals surface area contributed by atoms with Gasteiger partial charge in [-0.2, -0.15) is 10.2 Å². The van der Waals surface area contributed by atoms with Gasteiger partial charge in [-0.3, -0.25) is 9.48 Å². The van der Waals surface area contributed by atoms with Crippen LogP contribution in [0.4, 0.5) is 5.69 Å². The van der Waals surface area contributed by atoms with Crippen molar-refractivity contribution < 1.29 is 9.53 Å². The molecule has 0 saturated carbocycles. The quantitative estimate of drug-likeness (QED) is 0.907. The molecule has 0 aliphatic carbocycles. The summed E-state index contributed by atoms with van der Waals surface area (Å²) in [5.41, 5.74) is 0.946. The van der Waals surface area contributed by atoms with Gasteiger partial charge in [0.1, 0.15) is 6.73 Å². The zero-order valence-corrected chi connectivity index (χ0v) is 12.2. The number of hydrogen-bond donors (Lipinski definition) is 1. The van der Waals surface area contributed by atoms with Gasteiger partial charge in [0.15, 0.2) is 5.69 Å². The zero-order valence-electron chi connectivity index (χ0n) is 10.6. The highest BCUT2D eigenvalue weighted by Crippen LogP contribution is 2.16. The number of methoxy groups -OCH3 is 1. The number of ether oxygens (including phenoxy) is 1. The molecule has 102 valence electrons. The summed E-state index contributed by atoms with van der Waals surface area (Å²) in [6, 6.07) is 0. The summed E-state index contributed by atoms with van der Waals surface area (Å²) in [5.74, 6) is -0.281. The highest BCUT2D eigenvalue weighted by atomic mass is 79.9. The maximum Gasteiger partial charge on any atom is 0.277 e. The first-order valence-corrected chi connectivity index (χ1v) is 6.49. The van der Waals surface area contributed by atoms with Crippen LogP contribution in [0.3, 0.4) is 0 Å². The maximum atomic E-state index is 12.0. The number of carbonyl (C=O) groups is 1. The van der Waals surface area contributed by atoms with Crippen LogP contribution in [0.2, 0.25) is 0 Å². The van der Waals surface area contributed by atoms with Crippen LogP contribution in [-0.2, 0) is 18.0 Å². The standard InChI is InChI=1S/C11H14BrN5O2/c1-3-16-6-9(12)10(15-16)11(18)14-8-4-13-17(5-8)7-19-2/h4-6H,3,7H2,1-2H3,(H,14,18). The summed E-state index contributed by atoms with van der Waals surface area (Å²) in [4.78, 5) is 12.0. The summed E-state index contributed by atoms with van der Waals surface area (Å²) in [7, 11) is 1.58. The predicted molar refractivity (Wildman–Crippen MR) is 72.8 cm³/mol. The maximum absolute atomic E-state index is 12.0. The number of aryl methyl sites for hydroxylation is 1. The van der Waals surface area contributed by atoms with Crippen LogP contribution in [0.5, 0.6) is 0 Å². The topological polar surface area (TPSA) is 74.0 Å². The van der Waals surface area contributed by atoms with Crippen molar-refractivity contribution in [3.63, 3.8) is 0 Å². The summed E-state index contributed by atoms with van der Waals surface area (Å²) < 4.78 is 8.86. The van der Waals surface area contributed by atoms with E-state index in [1.807, 2.05) is 6.92 Å². The Morgan fingerprint density at radius 1 is 1.47 bits per heavy atom. The fraction of sp³-hybridized carbons (Fsp3) is 0.364. The predicted octanol–water partition coefficient (Wildman–Crippen LogP) is 1.72. The first-order valence-electron chi connectivity index (χ1n) is 5.69. The number of carbonyl (C=O) groups excluding carboxylic acids is 1. The number of anilines is 1. The van der Waals surface area contributed by atoms with Gasteiger partial charge >= 0.3 is 0 Å². The third-order valence-electron chi connectivity index (χ3n) is 2.41. The molecule has 2 rings (SSSR count). The molecule has 0 radical (unpaired) electrons. The lowest BCUT2D eigenvalue weighted by atomic mass is 10.4. The fourth-order valence-electron chi connectivity index (χ4n) is 1.53. The molecule has 1 amide bonds. The van der Waals surface area contributed by atoms with Gasteiger partial charge in [0.2, 0.25) is 0 Å². The minimum absolute atomic E-state index is 0.281. The monoisotopic (exact) mass is 327 g/mol. The summed E-state index contributed by atoms with van der Waals surface area (Å²) in [6.45, 7) is 3.00. The third kappa shape index (κ3) is 3.21. The molecular formula is C11H14BrN5O2. The number of halogens is 1. The lowest BCUT2D eigenvalue weighted by molar-refractivity contribution is 0.102. The van der Waals surface area contributed by atoms with Crippen LogP contribution < -0.4 is 5.32 Å². The van der Waals surface area contributed by atoms with Crippen LogP contribution in [0, 0.1) is 0 Å². The Hall–Kier alpha value is -1.67. The van der Waals surface area contributed by atoms with E-state index in [-0.39, 0.29) is 5.91 Å². The van der Waals surface area contributed by atoms with Crippen LogP contribution in [0.1, 0.15) is 17.4 Å². The number of aromatic nitrogens is 4. The van der Waals surface area contributed by atoms with Crippen molar-refractivity contribution in [2.75, 3.05) is 12.4 Å². The molecule has 0 aliphatic heterocycles. The van der Waals surface area contributed by atoms with Gasteiger partial charge in [0.25, 0.3) is 5.91 Å². The Morgan fingerprint density at radius 2 is 2.26 bits per heavy atom. The molecule has 8 heteroatoms. The van der Waals surface area contributed by atoms with Gasteiger partial charge in [-0.05, 0) is 22.9 Å². The second-order valence-electron chi connectivity index (χ2n) is 3.82. The second kappa shape index (κ2) is 5.98. The van der Waals surface area contributed by atoms with Crippen molar-refractivity contribution in [1.82, 2.24) is 19.6 Å². The Labute approximate surface area is 118 Å². The van der Waals surface area contributed by atoms with Gasteiger partial charge in [-0.25, -0.2) is 4.68 Å². The van der Waals surface area contributed by atoms with E-state index in [0.29, 0.717) is 29.1 Å². The Morgan fingerprint density at radius 3 is 2.89 bits per heavy atom. The van der Waals surface area contributed by atoms with Crippen molar-refractivity contribution in [2.45, 2.75) is 20.2 Å². The van der Waals surface area contributed by atoms with Crippen molar-refractivity contribution in [3.05, 3.63) is 28.8 Å². The number of amides is 1. The number of rotatable bonds is 5. The van der Waals surface area contributed by atoms with E-state index in [2.05, 4.69) is 31.4 Å². The highest BCUT2D eigenvalue weighted by Gasteiger charge is 2.15. The van der Waals surface area contributed by atoms with E-state index < -0.39 is 0 Å². The minimum Gasteiger partial charge on any atom is -0.362 e. The van der Waals surface area contributed by atoms with E-state index in [1.165, 1.54) is 0 Å². The largest absolute Gasteiger partial charge is 0.362 e. The molecule has 0 fully saturated rings. The number of hydrogen-bond acceptors (Lipinski definition) is 4. The van der Waals surface area contributed by atoms with Crippen molar-refractivity contribution in [2.24, 2.45) is 0 Å². The SMILES string of the molecule is CCn1cc(Br)c(C(=O)Nc2cnn(COC)c2)n1. The molecule has 2 aromatic rings. The van der Waals surface area contributed by atoms with E-state index in [4.69, 9.17) is 4.74 Å². The van der Waals surface area contributed by atoms with Gasteiger partial charge in [0, 0.05) is 19.9 Å². The molecule has 0 bridgehead atoms. The number of nitrogens with one attached hydrogen (secondary N) is 1. The van der Waals surface area contributed by atoms with Gasteiger partial charge < -0.3 is 10.1 Å². The fourth-order valence-corrected chi connectivity index (χ4v) is 2.03. The molecule has 19 heavy (non-hydrogen) atoms. The lowest BCUT2D eigenvalue weighted by Crippen LogP contribution is -2.13. The molecule has 0 aliphatic rings. The van der Waals surface area contributed by atoms with E-state index in [9.17, 15) is 4.79 Å². The van der Waals surface area contributed by atoms with Gasteiger partial charge in [-0.15, -0.1) is 0 Å². The number of nitrogens with zero attached hydrogens (tertiary/aromatic N) is 4. The zero-order chi connectivity index (χ0) is 13.8. The molecule has 0 atom stereocenters. The van der Waals surface area contributed by atoms with Gasteiger partial charge in [0.05, 0.1) is 22.6 Å². The van der Waals surface area contributed by atoms with Crippen molar-refractivity contribution >= 4 is 27.5 Å². The normalized spacial score (nSPS) is 10.7. The summed E-state index contributed by atoms with van der Waals surface area (Å²) in [5, 5.41) is 10.9. The lowest BCUT2D eigenvalue weighted by Gasteiger charge is -2.00. The van der Waals surface area contributed by atoms with Crippen LogP contribution in [0.25, 0.3) is 0 Å². The van der Waals surface area contributed by atoms with Crippen LogP contribution in [0.15, 0.2) is 23.1 Å². The van der Waals surface area contributed by atoms with Gasteiger partial charge in [-0.1, -0.05) is 0 Å². The third-order valence-corrected chi connectivity index (χ3v) is 2.99. The van der Waals surface area contributed by atoms with Crippen LogP contribution >= 0.6 is 15.9 Å². The average Bonchev–Trinajstić information content (AvgIpc) is 2.96. The smallest absolute Gasteiger partial charge is 0.277 e. The Balaban J connectivity index is 2.09. The summed E-state index contributed by atoms with van der Waals surface area (Å²) >= 11 is 3.32. The molecule has 2 aromatic heterocycles. The first-order chi connectivity index (χ1) is 9.13. The molecule has 0 saturated heterocycles. The summed E-state index contributed by atoms with van der Waals surface area (Å²) in [6.07, 6.45) is 5.01. The molecule has 0 spiro atoms. The average molecular weight is 328 g/mol. The molecular weight excluding hydrogens is 314 g/mol. The van der Waals surface area contributed by atoms with E-state index in [1.54, 1.807) is 35.1 Å². The molecule has 0 aromatic carbocycles. The first kappa shape index (κ1) is 13.8. The van der Waals surface area contributed by atoms with Crippen molar-refractivity contribution in [3.8, 4) is 0 Å². The molecule has 2 heterocycles. The molecule has 1 N–H and O–H groups in total. The van der Waals surface area contributed by atoms with E-state index in [0.717, 1.165) is 0 Å².